The summed E-state index contributed by atoms with van der Waals surface area (Å²) >= 11 is 3.38. The lowest BCUT2D eigenvalue weighted by molar-refractivity contribution is 0.158. The van der Waals surface area contributed by atoms with Crippen molar-refractivity contribution < 1.29 is 5.11 Å². The molecule has 0 unspecified atom stereocenters. The Morgan fingerprint density at radius 3 is 2.71 bits per heavy atom. The summed E-state index contributed by atoms with van der Waals surface area (Å²) in [4.78, 5) is 2.44. The fraction of sp³-hybridized carbons (Fsp3) is 0.562. The van der Waals surface area contributed by atoms with E-state index in [0.717, 1.165) is 44.1 Å². The van der Waals surface area contributed by atoms with Gasteiger partial charge < -0.3 is 10.4 Å². The zero-order valence-electron chi connectivity index (χ0n) is 12.0. The standard InChI is InChI=1S/C16H20BrN3O/c17-14-8-12(10-18)7-13(16(14)21)15(9-11-1-2-11)20-5-3-19-4-6-20/h7-8,11,15,19,21H,1-6,9H2/t15-/m1/s1. The van der Waals surface area contributed by atoms with Crippen molar-refractivity contribution in [2.24, 2.45) is 5.92 Å². The van der Waals surface area contributed by atoms with E-state index < -0.39 is 0 Å². The van der Waals surface area contributed by atoms with Crippen LogP contribution in [-0.2, 0) is 0 Å². The molecular formula is C16H20BrN3O. The number of phenolic OH excluding ortho intramolecular Hbond substituents is 1. The largest absolute Gasteiger partial charge is 0.506 e. The van der Waals surface area contributed by atoms with E-state index in [1.54, 1.807) is 6.07 Å². The Balaban J connectivity index is 1.94. The maximum atomic E-state index is 10.5. The van der Waals surface area contributed by atoms with Gasteiger partial charge in [-0.25, -0.2) is 0 Å². The lowest BCUT2D eigenvalue weighted by atomic mass is 9.96. The van der Waals surface area contributed by atoms with Crippen LogP contribution in [0.4, 0.5) is 0 Å². The Morgan fingerprint density at radius 1 is 1.38 bits per heavy atom. The molecule has 21 heavy (non-hydrogen) atoms. The van der Waals surface area contributed by atoms with Crippen LogP contribution in [0.5, 0.6) is 5.75 Å². The molecule has 1 aliphatic heterocycles. The summed E-state index contributed by atoms with van der Waals surface area (Å²) in [5.41, 5.74) is 1.50. The summed E-state index contributed by atoms with van der Waals surface area (Å²) in [6.45, 7) is 3.96. The summed E-state index contributed by atoms with van der Waals surface area (Å²) in [5.74, 6) is 1.06. The maximum Gasteiger partial charge on any atom is 0.134 e. The minimum atomic E-state index is 0.212. The van der Waals surface area contributed by atoms with E-state index in [2.05, 4.69) is 32.2 Å². The number of hydrogen-bond donors (Lipinski definition) is 2. The van der Waals surface area contributed by atoms with Gasteiger partial charge in [-0.3, -0.25) is 4.90 Å². The van der Waals surface area contributed by atoms with Gasteiger partial charge in [0.25, 0.3) is 0 Å². The molecule has 4 nitrogen and oxygen atoms in total. The number of rotatable bonds is 4. The number of piperazine rings is 1. The van der Waals surface area contributed by atoms with Crippen LogP contribution in [0.1, 0.15) is 36.4 Å². The smallest absolute Gasteiger partial charge is 0.134 e. The minimum Gasteiger partial charge on any atom is -0.506 e. The maximum absolute atomic E-state index is 10.5. The van der Waals surface area contributed by atoms with E-state index in [1.807, 2.05) is 6.07 Å². The van der Waals surface area contributed by atoms with Crippen molar-refractivity contribution in [2.45, 2.75) is 25.3 Å². The summed E-state index contributed by atoms with van der Waals surface area (Å²) in [7, 11) is 0. The number of aromatic hydroxyl groups is 1. The molecule has 1 saturated heterocycles. The summed E-state index contributed by atoms with van der Waals surface area (Å²) in [5, 5.41) is 23.0. The topological polar surface area (TPSA) is 59.3 Å². The van der Waals surface area contributed by atoms with Crippen molar-refractivity contribution in [2.75, 3.05) is 26.2 Å². The Morgan fingerprint density at radius 2 is 2.10 bits per heavy atom. The number of hydrogen-bond acceptors (Lipinski definition) is 4. The van der Waals surface area contributed by atoms with Crippen LogP contribution < -0.4 is 5.32 Å². The van der Waals surface area contributed by atoms with Gasteiger partial charge in [0, 0.05) is 37.8 Å². The molecule has 1 saturated carbocycles. The second-order valence-corrected chi connectivity index (χ2v) is 6.84. The Bertz CT molecular complexity index is 559. The van der Waals surface area contributed by atoms with E-state index in [1.165, 1.54) is 12.8 Å². The molecule has 112 valence electrons. The SMILES string of the molecule is N#Cc1cc(Br)c(O)c([C@@H](CC2CC2)N2CCNCC2)c1. The average Bonchev–Trinajstić information content (AvgIpc) is 3.33. The summed E-state index contributed by atoms with van der Waals surface area (Å²) in [6.07, 6.45) is 3.67. The molecule has 1 aromatic rings. The number of nitriles is 1. The third-order valence-electron chi connectivity index (χ3n) is 4.43. The Kier molecular flexibility index (Phi) is 4.48. The van der Waals surface area contributed by atoms with Crippen LogP contribution in [0.3, 0.4) is 0 Å². The second-order valence-electron chi connectivity index (χ2n) is 5.99. The van der Waals surface area contributed by atoms with Gasteiger partial charge in [-0.05, 0) is 40.4 Å². The molecule has 5 heteroatoms. The van der Waals surface area contributed by atoms with E-state index in [0.29, 0.717) is 10.0 Å². The van der Waals surface area contributed by atoms with Gasteiger partial charge in [0.15, 0.2) is 0 Å². The van der Waals surface area contributed by atoms with E-state index in [4.69, 9.17) is 0 Å². The monoisotopic (exact) mass is 349 g/mol. The average molecular weight is 350 g/mol. The van der Waals surface area contributed by atoms with Crippen LogP contribution in [0.2, 0.25) is 0 Å². The van der Waals surface area contributed by atoms with Crippen molar-refractivity contribution in [3.63, 3.8) is 0 Å². The first-order valence-electron chi connectivity index (χ1n) is 7.56. The fourth-order valence-electron chi connectivity index (χ4n) is 3.07. The number of phenols is 1. The predicted octanol–water partition coefficient (Wildman–Crippen LogP) is 2.77. The number of benzene rings is 1. The van der Waals surface area contributed by atoms with Gasteiger partial charge in [0.05, 0.1) is 16.1 Å². The molecule has 1 atom stereocenters. The van der Waals surface area contributed by atoms with Crippen LogP contribution >= 0.6 is 15.9 Å². The third kappa shape index (κ3) is 3.39. The van der Waals surface area contributed by atoms with Crippen molar-refractivity contribution in [1.29, 1.82) is 5.26 Å². The molecule has 3 rings (SSSR count). The van der Waals surface area contributed by atoms with Crippen LogP contribution in [-0.4, -0.2) is 36.2 Å². The molecule has 0 amide bonds. The first-order valence-corrected chi connectivity index (χ1v) is 8.35. The van der Waals surface area contributed by atoms with Gasteiger partial charge >= 0.3 is 0 Å². The van der Waals surface area contributed by atoms with E-state index >= 15 is 0 Å². The molecule has 1 heterocycles. The fourth-order valence-corrected chi connectivity index (χ4v) is 3.55. The van der Waals surface area contributed by atoms with Gasteiger partial charge in [-0.15, -0.1) is 0 Å². The van der Waals surface area contributed by atoms with Crippen molar-refractivity contribution in [3.05, 3.63) is 27.7 Å². The summed E-state index contributed by atoms with van der Waals surface area (Å²) in [6, 6.07) is 5.94. The normalized spacial score (nSPS) is 21.0. The highest BCUT2D eigenvalue weighted by Gasteiger charge is 2.32. The molecule has 0 spiro atoms. The van der Waals surface area contributed by atoms with Crippen LogP contribution in [0, 0.1) is 17.2 Å². The Hall–Kier alpha value is -1.09. The van der Waals surface area contributed by atoms with Crippen molar-refractivity contribution >= 4 is 15.9 Å². The molecule has 1 aromatic carbocycles. The number of nitrogens with zero attached hydrogens (tertiary/aromatic N) is 2. The van der Waals surface area contributed by atoms with E-state index in [-0.39, 0.29) is 11.8 Å². The molecule has 2 fully saturated rings. The highest BCUT2D eigenvalue weighted by molar-refractivity contribution is 9.10. The highest BCUT2D eigenvalue weighted by atomic mass is 79.9. The minimum absolute atomic E-state index is 0.212. The molecule has 0 bridgehead atoms. The van der Waals surface area contributed by atoms with Crippen molar-refractivity contribution in [1.82, 2.24) is 10.2 Å². The second kappa shape index (κ2) is 6.35. The Labute approximate surface area is 133 Å². The predicted molar refractivity (Wildman–Crippen MR) is 85.0 cm³/mol. The van der Waals surface area contributed by atoms with E-state index in [9.17, 15) is 10.4 Å². The van der Waals surface area contributed by atoms with Crippen LogP contribution in [0.15, 0.2) is 16.6 Å². The van der Waals surface area contributed by atoms with Gasteiger partial charge in [0.1, 0.15) is 5.75 Å². The highest BCUT2D eigenvalue weighted by Crippen LogP contribution is 2.44. The zero-order chi connectivity index (χ0) is 14.8. The first kappa shape index (κ1) is 14.8. The first-order chi connectivity index (χ1) is 10.2. The van der Waals surface area contributed by atoms with Gasteiger partial charge in [-0.1, -0.05) is 12.8 Å². The quantitative estimate of drug-likeness (QED) is 0.877. The molecule has 2 aliphatic rings. The molecular weight excluding hydrogens is 330 g/mol. The zero-order valence-corrected chi connectivity index (χ0v) is 13.6. The molecule has 0 aromatic heterocycles. The summed E-state index contributed by atoms with van der Waals surface area (Å²) < 4.78 is 0.618. The van der Waals surface area contributed by atoms with Crippen molar-refractivity contribution in [3.8, 4) is 11.8 Å². The van der Waals surface area contributed by atoms with Crippen LogP contribution in [0.25, 0.3) is 0 Å². The molecule has 2 N–H and O–H groups in total. The number of nitrogens with one attached hydrogen (secondary N) is 1. The number of halogens is 1. The molecule has 0 radical (unpaired) electrons. The van der Waals surface area contributed by atoms with Gasteiger partial charge in [-0.2, -0.15) is 5.26 Å². The lowest BCUT2D eigenvalue weighted by Crippen LogP contribution is -2.45. The third-order valence-corrected chi connectivity index (χ3v) is 5.03. The molecule has 1 aliphatic carbocycles. The lowest BCUT2D eigenvalue weighted by Gasteiger charge is -2.36. The van der Waals surface area contributed by atoms with Gasteiger partial charge in [0.2, 0.25) is 0 Å².